The Bertz CT molecular complexity index is 1450. The van der Waals surface area contributed by atoms with Gasteiger partial charge in [0.1, 0.15) is 11.5 Å². The fourth-order valence-corrected chi connectivity index (χ4v) is 3.81. The molecule has 1 aliphatic rings. The second-order valence-corrected chi connectivity index (χ2v) is 9.96. The van der Waals surface area contributed by atoms with Crippen LogP contribution in [0.15, 0.2) is 30.3 Å². The molecule has 3 N–H and O–H groups in total. The molecule has 0 saturated carbocycles. The minimum absolute atomic E-state index is 0.0935. The van der Waals surface area contributed by atoms with Crippen molar-refractivity contribution in [2.75, 3.05) is 12.8 Å². The van der Waals surface area contributed by atoms with Gasteiger partial charge in [-0.25, -0.2) is 4.79 Å². The van der Waals surface area contributed by atoms with Crippen molar-refractivity contribution in [3.8, 4) is 22.6 Å². The van der Waals surface area contributed by atoms with Gasteiger partial charge in [0.05, 0.1) is 24.0 Å². The molecule has 41 heavy (non-hydrogen) atoms. The first-order valence-corrected chi connectivity index (χ1v) is 11.8. The number of fused-ring (bicyclic) bond motifs is 1. The summed E-state index contributed by atoms with van der Waals surface area (Å²) >= 11 is 0. The maximum Gasteiger partial charge on any atom is 0.573 e. The number of halogens is 6. The fourth-order valence-electron chi connectivity index (χ4n) is 3.81. The molecule has 1 saturated heterocycles. The van der Waals surface area contributed by atoms with Gasteiger partial charge in [0.25, 0.3) is 0 Å². The number of aromatic nitrogens is 2. The van der Waals surface area contributed by atoms with Gasteiger partial charge >= 0.3 is 25.6 Å². The van der Waals surface area contributed by atoms with Crippen molar-refractivity contribution in [2.24, 2.45) is 0 Å². The van der Waals surface area contributed by atoms with E-state index in [1.54, 1.807) is 19.1 Å². The Labute approximate surface area is 230 Å². The number of rotatable bonds is 4. The lowest BCUT2D eigenvalue weighted by molar-refractivity contribution is -0.274. The molecule has 1 fully saturated rings. The molecule has 0 spiro atoms. The van der Waals surface area contributed by atoms with Crippen LogP contribution in [0.2, 0.25) is 0 Å². The van der Waals surface area contributed by atoms with Crippen LogP contribution in [-0.2, 0) is 14.1 Å². The van der Waals surface area contributed by atoms with E-state index in [2.05, 4.69) is 14.9 Å². The molecule has 9 nitrogen and oxygen atoms in total. The lowest BCUT2D eigenvalue weighted by Crippen LogP contribution is -2.41. The van der Waals surface area contributed by atoms with Crippen LogP contribution in [0.3, 0.4) is 0 Å². The van der Waals surface area contributed by atoms with Crippen molar-refractivity contribution in [2.45, 2.75) is 58.4 Å². The van der Waals surface area contributed by atoms with Crippen molar-refractivity contribution in [1.29, 1.82) is 0 Å². The molecule has 2 heterocycles. The molecule has 16 heteroatoms. The van der Waals surface area contributed by atoms with E-state index < -0.39 is 42.6 Å². The lowest BCUT2D eigenvalue weighted by Gasteiger charge is -2.32. The van der Waals surface area contributed by atoms with Gasteiger partial charge in [-0.2, -0.15) is 18.3 Å². The van der Waals surface area contributed by atoms with Crippen LogP contribution < -0.4 is 20.7 Å². The molecule has 222 valence electrons. The number of benzene rings is 2. The maximum atomic E-state index is 13.3. The van der Waals surface area contributed by atoms with E-state index in [0.717, 1.165) is 10.8 Å². The topological polar surface area (TPSA) is 126 Å². The summed E-state index contributed by atoms with van der Waals surface area (Å²) in [6.07, 6.45) is -10.00. The number of ether oxygens (including phenoxy) is 2. The van der Waals surface area contributed by atoms with Crippen LogP contribution in [0.4, 0.5) is 32.2 Å². The van der Waals surface area contributed by atoms with Crippen LogP contribution >= 0.6 is 0 Å². The number of nitrogens with zero attached hydrogens (tertiary/aromatic N) is 2. The number of alkyl halides is 6. The van der Waals surface area contributed by atoms with Crippen LogP contribution in [0, 0.1) is 6.92 Å². The first-order chi connectivity index (χ1) is 18.7. The summed E-state index contributed by atoms with van der Waals surface area (Å²) in [4.78, 5) is 8.90. The number of hydrogen-bond acceptors (Lipinski definition) is 8. The molecule has 0 radical (unpaired) electrons. The monoisotopic (exact) mass is 589 g/mol. The van der Waals surface area contributed by atoms with Gasteiger partial charge in [-0.3, -0.25) is 0 Å². The molecule has 0 amide bonds. The summed E-state index contributed by atoms with van der Waals surface area (Å²) in [5.41, 5.74) is 6.39. The Kier molecular flexibility index (Phi) is 8.43. The predicted octanol–water partition coefficient (Wildman–Crippen LogP) is 5.03. The van der Waals surface area contributed by atoms with Crippen molar-refractivity contribution in [3.63, 3.8) is 0 Å². The zero-order valence-electron chi connectivity index (χ0n) is 22.7. The Morgan fingerprint density at radius 3 is 2.00 bits per heavy atom. The van der Waals surface area contributed by atoms with Gasteiger partial charge in [-0.1, -0.05) is 6.07 Å². The van der Waals surface area contributed by atoms with Crippen LogP contribution in [-0.4, -0.2) is 59.2 Å². The smallest absolute Gasteiger partial charge is 0.496 e. The Balaban J connectivity index is 0.000000587. The van der Waals surface area contributed by atoms with Gasteiger partial charge in [0.15, 0.2) is 5.82 Å². The van der Waals surface area contributed by atoms with Crippen molar-refractivity contribution in [3.05, 3.63) is 36.0 Å². The minimum atomic E-state index is -5.08. The zero-order valence-corrected chi connectivity index (χ0v) is 22.7. The fraction of sp³-hybridized carbons (Fsp3) is 0.400. The minimum Gasteiger partial charge on any atom is -0.496 e. The number of anilines is 1. The van der Waals surface area contributed by atoms with E-state index in [0.29, 0.717) is 16.8 Å². The van der Waals surface area contributed by atoms with E-state index in [4.69, 9.17) is 29.7 Å². The van der Waals surface area contributed by atoms with E-state index >= 15 is 0 Å². The highest BCUT2D eigenvalue weighted by Crippen LogP contribution is 2.41. The standard InChI is InChI=1S/C23H25BF3N3O4.C2HF3O2/c1-12-15-9-13(7-8-14(15)20(28)30-29-12)16-10-17(24-33-21(2,3)22(4,5)34-24)19(11-18(16)31-6)32-23(25,26)27;3-2(4,5)1(6)7/h7-11H,1-6H3,(H2,28,30);(H,6,7). The number of nitrogens with two attached hydrogens (primary N) is 1. The third kappa shape index (κ3) is 6.93. The van der Waals surface area contributed by atoms with E-state index in [1.807, 2.05) is 33.8 Å². The van der Waals surface area contributed by atoms with Gasteiger partial charge in [-0.05, 0) is 58.4 Å². The van der Waals surface area contributed by atoms with E-state index in [-0.39, 0.29) is 17.0 Å². The summed E-state index contributed by atoms with van der Waals surface area (Å²) in [6.45, 7) is 9.07. The normalized spacial score (nSPS) is 16.2. The van der Waals surface area contributed by atoms with Crippen molar-refractivity contribution < 1.29 is 55.0 Å². The largest absolute Gasteiger partial charge is 0.573 e. The van der Waals surface area contributed by atoms with Gasteiger partial charge in [-0.15, -0.1) is 18.3 Å². The Hall–Kier alpha value is -3.79. The average Bonchev–Trinajstić information content (AvgIpc) is 3.06. The van der Waals surface area contributed by atoms with Gasteiger partial charge < -0.3 is 29.6 Å². The Morgan fingerprint density at radius 2 is 1.51 bits per heavy atom. The molecule has 0 aliphatic carbocycles. The van der Waals surface area contributed by atoms with Gasteiger partial charge in [0.2, 0.25) is 0 Å². The lowest BCUT2D eigenvalue weighted by atomic mass is 9.76. The molecule has 1 aliphatic heterocycles. The first kappa shape index (κ1) is 31.7. The number of carboxylic acids is 1. The summed E-state index contributed by atoms with van der Waals surface area (Å²) in [7, 11) is 0.288. The molecule has 0 atom stereocenters. The van der Waals surface area contributed by atoms with Crippen LogP contribution in [0.25, 0.3) is 21.9 Å². The molecule has 0 unspecified atom stereocenters. The van der Waals surface area contributed by atoms with Crippen molar-refractivity contribution in [1.82, 2.24) is 10.2 Å². The second-order valence-electron chi connectivity index (χ2n) is 9.96. The SMILES string of the molecule is COc1cc(OC(F)(F)F)c(B2OC(C)(C)C(C)(C)O2)cc1-c1ccc2c(N)nnc(C)c2c1.O=C(O)C(F)(F)F. The number of nitrogen functional groups attached to an aromatic ring is 1. The summed E-state index contributed by atoms with van der Waals surface area (Å²) in [6, 6.07) is 8.15. The predicted molar refractivity (Wildman–Crippen MR) is 137 cm³/mol. The highest BCUT2D eigenvalue weighted by molar-refractivity contribution is 6.63. The number of aryl methyl sites for hydroxylation is 1. The van der Waals surface area contributed by atoms with E-state index in [1.165, 1.54) is 19.2 Å². The van der Waals surface area contributed by atoms with Crippen molar-refractivity contribution >= 4 is 35.1 Å². The third-order valence-electron chi connectivity index (χ3n) is 6.61. The highest BCUT2D eigenvalue weighted by atomic mass is 19.4. The highest BCUT2D eigenvalue weighted by Gasteiger charge is 2.53. The molecule has 0 bridgehead atoms. The molecule has 3 aromatic rings. The molecular formula is C25H26BF6N3O6. The second kappa shape index (κ2) is 10.9. The number of hydrogen-bond donors (Lipinski definition) is 2. The van der Waals surface area contributed by atoms with Gasteiger partial charge in [0, 0.05) is 27.9 Å². The van der Waals surface area contributed by atoms with Crippen LogP contribution in [0.5, 0.6) is 11.5 Å². The number of carbonyl (C=O) groups is 1. The quantitative estimate of drug-likeness (QED) is 0.319. The van der Waals surface area contributed by atoms with Crippen LogP contribution in [0.1, 0.15) is 33.4 Å². The number of aliphatic carboxylic acids is 1. The molecule has 1 aromatic heterocycles. The number of carboxylic acid groups (broad SMARTS) is 1. The first-order valence-electron chi connectivity index (χ1n) is 11.8. The Morgan fingerprint density at radius 1 is 0.951 bits per heavy atom. The summed E-state index contributed by atoms with van der Waals surface area (Å²) in [5.74, 6) is -2.75. The summed E-state index contributed by atoms with van der Waals surface area (Å²) in [5, 5.41) is 16.6. The zero-order chi connectivity index (χ0) is 31.1. The average molecular weight is 589 g/mol. The maximum absolute atomic E-state index is 13.3. The molecule has 4 rings (SSSR count). The molecule has 2 aromatic carbocycles. The summed E-state index contributed by atoms with van der Waals surface area (Å²) < 4.78 is 93.4. The number of methoxy groups -OCH3 is 1. The third-order valence-corrected chi connectivity index (χ3v) is 6.61. The van der Waals surface area contributed by atoms with E-state index in [9.17, 15) is 26.3 Å². The molecular weight excluding hydrogens is 563 g/mol.